The Balaban J connectivity index is 1.39. The summed E-state index contributed by atoms with van der Waals surface area (Å²) in [5.74, 6) is -1.38. The van der Waals surface area contributed by atoms with Crippen LogP contribution in [-0.4, -0.2) is 39.9 Å². The molecule has 1 unspecified atom stereocenters. The van der Waals surface area contributed by atoms with Crippen LogP contribution < -0.4 is 0 Å². The smallest absolute Gasteiger partial charge is 0.243 e. The summed E-state index contributed by atoms with van der Waals surface area (Å²) in [5.41, 5.74) is 0.744. The molecule has 2 saturated heterocycles. The molecule has 10 heteroatoms. The standard InChI is InChI=1S/C20H18F2N4O3S/c21-17-6-5-16(10-18(17)22)30(27,28)26-14-3-4-15(26)9-13(8-14)20-24-19(25-29-20)12-2-1-7-23-11-12/h1-2,5-7,10-11,13-15H,3-4,8-9H2/t13?,14-,15+. The van der Waals surface area contributed by atoms with Crippen LogP contribution in [0, 0.1) is 11.6 Å². The van der Waals surface area contributed by atoms with Gasteiger partial charge in [0, 0.05) is 36.0 Å². The quantitative estimate of drug-likeness (QED) is 0.627. The van der Waals surface area contributed by atoms with Crippen molar-refractivity contribution in [2.45, 2.75) is 48.6 Å². The number of fused-ring (bicyclic) bond motifs is 2. The number of rotatable bonds is 4. The number of nitrogens with zero attached hydrogens (tertiary/aromatic N) is 4. The zero-order valence-corrected chi connectivity index (χ0v) is 16.6. The van der Waals surface area contributed by atoms with E-state index in [1.807, 2.05) is 6.07 Å². The molecule has 2 aromatic heterocycles. The highest BCUT2D eigenvalue weighted by atomic mass is 32.2. The second-order valence-corrected chi connectivity index (χ2v) is 9.51. The van der Waals surface area contributed by atoms with Gasteiger partial charge in [-0.2, -0.15) is 9.29 Å². The molecule has 1 aromatic carbocycles. The first-order valence-electron chi connectivity index (χ1n) is 9.66. The van der Waals surface area contributed by atoms with Crippen LogP contribution in [0.5, 0.6) is 0 Å². The van der Waals surface area contributed by atoms with Crippen molar-refractivity contribution < 1.29 is 21.7 Å². The number of halogens is 2. The largest absolute Gasteiger partial charge is 0.339 e. The fraction of sp³-hybridized carbons (Fsp3) is 0.350. The molecule has 5 rings (SSSR count). The summed E-state index contributed by atoms with van der Waals surface area (Å²) in [6, 6.07) is 5.82. The van der Waals surface area contributed by atoms with Crippen molar-refractivity contribution in [1.82, 2.24) is 19.4 Å². The second kappa shape index (κ2) is 7.21. The fourth-order valence-electron chi connectivity index (χ4n) is 4.50. The summed E-state index contributed by atoms with van der Waals surface area (Å²) in [6.07, 6.45) is 5.78. The van der Waals surface area contributed by atoms with Crippen molar-refractivity contribution in [2.75, 3.05) is 0 Å². The monoisotopic (exact) mass is 432 g/mol. The Kier molecular flexibility index (Phi) is 4.62. The van der Waals surface area contributed by atoms with E-state index in [0.29, 0.717) is 37.4 Å². The van der Waals surface area contributed by atoms with Crippen LogP contribution in [0.2, 0.25) is 0 Å². The summed E-state index contributed by atoms with van der Waals surface area (Å²) in [4.78, 5) is 8.31. The Morgan fingerprint density at radius 2 is 1.83 bits per heavy atom. The van der Waals surface area contributed by atoms with Gasteiger partial charge < -0.3 is 4.52 Å². The van der Waals surface area contributed by atoms with Gasteiger partial charge >= 0.3 is 0 Å². The first-order chi connectivity index (χ1) is 14.4. The van der Waals surface area contributed by atoms with Crippen molar-refractivity contribution in [3.8, 4) is 11.4 Å². The van der Waals surface area contributed by atoms with E-state index >= 15 is 0 Å². The summed E-state index contributed by atoms with van der Waals surface area (Å²) in [7, 11) is -3.93. The van der Waals surface area contributed by atoms with Gasteiger partial charge in [0.05, 0.1) is 4.90 Å². The van der Waals surface area contributed by atoms with Crippen LogP contribution in [0.1, 0.15) is 37.5 Å². The Hall–Kier alpha value is -2.72. The molecule has 156 valence electrons. The zero-order chi connectivity index (χ0) is 20.9. The molecule has 0 aliphatic carbocycles. The van der Waals surface area contributed by atoms with E-state index in [0.717, 1.165) is 23.8 Å². The van der Waals surface area contributed by atoms with E-state index in [1.54, 1.807) is 18.5 Å². The van der Waals surface area contributed by atoms with Crippen LogP contribution in [-0.2, 0) is 10.0 Å². The molecule has 2 aliphatic heterocycles. The van der Waals surface area contributed by atoms with Crippen molar-refractivity contribution in [2.24, 2.45) is 0 Å². The molecule has 30 heavy (non-hydrogen) atoms. The van der Waals surface area contributed by atoms with Crippen LogP contribution in [0.4, 0.5) is 8.78 Å². The van der Waals surface area contributed by atoms with Crippen molar-refractivity contribution in [3.05, 3.63) is 60.3 Å². The van der Waals surface area contributed by atoms with Crippen LogP contribution >= 0.6 is 0 Å². The van der Waals surface area contributed by atoms with Crippen molar-refractivity contribution in [1.29, 1.82) is 0 Å². The van der Waals surface area contributed by atoms with Gasteiger partial charge in [0.15, 0.2) is 11.6 Å². The van der Waals surface area contributed by atoms with E-state index in [4.69, 9.17) is 4.52 Å². The van der Waals surface area contributed by atoms with Crippen LogP contribution in [0.3, 0.4) is 0 Å². The highest BCUT2D eigenvalue weighted by molar-refractivity contribution is 7.89. The second-order valence-electron chi connectivity index (χ2n) is 7.66. The lowest BCUT2D eigenvalue weighted by Crippen LogP contribution is -2.46. The summed E-state index contributed by atoms with van der Waals surface area (Å²) >= 11 is 0. The molecule has 2 bridgehead atoms. The Bertz CT molecular complexity index is 1170. The Morgan fingerprint density at radius 1 is 1.07 bits per heavy atom. The highest BCUT2D eigenvalue weighted by Gasteiger charge is 2.48. The molecule has 3 atom stereocenters. The minimum absolute atomic E-state index is 0.0585. The molecule has 0 amide bonds. The van der Waals surface area contributed by atoms with Gasteiger partial charge in [-0.1, -0.05) is 5.16 Å². The van der Waals surface area contributed by atoms with Crippen molar-refractivity contribution >= 4 is 10.0 Å². The summed E-state index contributed by atoms with van der Waals surface area (Å²) < 4.78 is 60.0. The number of pyridine rings is 1. The minimum Gasteiger partial charge on any atom is -0.339 e. The van der Waals surface area contributed by atoms with Gasteiger partial charge in [0.1, 0.15) is 0 Å². The molecule has 0 N–H and O–H groups in total. The Labute approximate surface area is 171 Å². The third-order valence-electron chi connectivity index (χ3n) is 5.84. The molecule has 0 spiro atoms. The van der Waals surface area contributed by atoms with Gasteiger partial charge in [-0.25, -0.2) is 17.2 Å². The van der Waals surface area contributed by atoms with Gasteiger partial charge in [-0.3, -0.25) is 4.98 Å². The summed E-state index contributed by atoms with van der Waals surface area (Å²) in [6.45, 7) is 0. The third kappa shape index (κ3) is 3.20. The van der Waals surface area contributed by atoms with E-state index < -0.39 is 21.7 Å². The normalized spacial score (nSPS) is 24.3. The number of sulfonamides is 1. The lowest BCUT2D eigenvalue weighted by Gasteiger charge is -2.36. The molecule has 3 aromatic rings. The maximum absolute atomic E-state index is 13.6. The van der Waals surface area contributed by atoms with Gasteiger partial charge in [-0.05, 0) is 56.0 Å². The van der Waals surface area contributed by atoms with Crippen LogP contribution in [0.15, 0.2) is 52.1 Å². The highest BCUT2D eigenvalue weighted by Crippen LogP contribution is 2.45. The molecular weight excluding hydrogens is 414 g/mol. The number of benzene rings is 1. The van der Waals surface area contributed by atoms with E-state index in [-0.39, 0.29) is 22.9 Å². The first-order valence-corrected chi connectivity index (χ1v) is 11.1. The third-order valence-corrected chi connectivity index (χ3v) is 7.84. The Morgan fingerprint density at radius 3 is 2.50 bits per heavy atom. The van der Waals surface area contributed by atoms with Gasteiger partial charge in [-0.15, -0.1) is 0 Å². The van der Waals surface area contributed by atoms with E-state index in [2.05, 4.69) is 15.1 Å². The average molecular weight is 432 g/mol. The molecule has 4 heterocycles. The maximum Gasteiger partial charge on any atom is 0.243 e. The van der Waals surface area contributed by atoms with Crippen molar-refractivity contribution in [3.63, 3.8) is 0 Å². The molecule has 2 aliphatic rings. The SMILES string of the molecule is O=S(=O)(c1ccc(F)c(F)c1)N1[C@@H]2CC[C@H]1CC(c1nc(-c3cccnc3)no1)C2. The number of aromatic nitrogens is 3. The number of hydrogen-bond acceptors (Lipinski definition) is 6. The lowest BCUT2D eigenvalue weighted by atomic mass is 9.92. The molecule has 7 nitrogen and oxygen atoms in total. The van der Waals surface area contributed by atoms with E-state index in [9.17, 15) is 17.2 Å². The number of hydrogen-bond donors (Lipinski definition) is 0. The van der Waals surface area contributed by atoms with Gasteiger partial charge in [0.25, 0.3) is 0 Å². The van der Waals surface area contributed by atoms with Gasteiger partial charge in [0.2, 0.25) is 21.7 Å². The predicted molar refractivity (Wildman–Crippen MR) is 102 cm³/mol. The fourth-order valence-corrected chi connectivity index (χ4v) is 6.40. The predicted octanol–water partition coefficient (Wildman–Crippen LogP) is 3.51. The first kappa shape index (κ1) is 19.3. The number of piperidine rings is 1. The maximum atomic E-state index is 13.6. The summed E-state index contributed by atoms with van der Waals surface area (Å²) in [5, 5.41) is 4.03. The lowest BCUT2D eigenvalue weighted by molar-refractivity contribution is 0.201. The van der Waals surface area contributed by atoms with E-state index in [1.165, 1.54) is 4.31 Å². The molecule has 0 radical (unpaired) electrons. The molecule has 2 fully saturated rings. The minimum atomic E-state index is -3.93. The van der Waals surface area contributed by atoms with Crippen LogP contribution in [0.25, 0.3) is 11.4 Å². The topological polar surface area (TPSA) is 89.2 Å². The molecular formula is C20H18F2N4O3S. The average Bonchev–Trinajstić information content (AvgIpc) is 3.34. The molecule has 0 saturated carbocycles. The zero-order valence-electron chi connectivity index (χ0n) is 15.8.